The number of hydrogen-bond donors (Lipinski definition) is 0. The molecule has 0 saturated carbocycles. The van der Waals surface area contributed by atoms with Gasteiger partial charge in [-0.15, -0.1) is 0 Å². The third-order valence-electron chi connectivity index (χ3n) is 1.85. The Labute approximate surface area is 88.3 Å². The van der Waals surface area contributed by atoms with Crippen LogP contribution in [0.4, 0.5) is 0 Å². The minimum absolute atomic E-state index is 0.205. The van der Waals surface area contributed by atoms with Crippen LogP contribution in [0.25, 0.3) is 0 Å². The Morgan fingerprint density at radius 2 is 2.00 bits per heavy atom. The van der Waals surface area contributed by atoms with E-state index in [1.165, 1.54) is 5.56 Å². The molecule has 0 N–H and O–H groups in total. The van der Waals surface area contributed by atoms with Gasteiger partial charge >= 0.3 is 88.4 Å². The van der Waals surface area contributed by atoms with Crippen LogP contribution in [0.3, 0.4) is 0 Å². The van der Waals surface area contributed by atoms with Crippen molar-refractivity contribution in [3.8, 4) is 0 Å². The molecule has 2 nitrogen and oxygen atoms in total. The summed E-state index contributed by atoms with van der Waals surface area (Å²) in [5.41, 5.74) is 2.98. The molecule has 60 valence electrons. The molecule has 0 aliphatic rings. The SMILES string of the molecule is Cc1ccc(C(=O)[O][Tl])cc1C. The van der Waals surface area contributed by atoms with Crippen LogP contribution >= 0.6 is 0 Å². The van der Waals surface area contributed by atoms with E-state index in [9.17, 15) is 4.79 Å². The summed E-state index contributed by atoms with van der Waals surface area (Å²) in [6.07, 6.45) is 0. The topological polar surface area (TPSA) is 26.3 Å². The molecule has 0 fully saturated rings. The van der Waals surface area contributed by atoms with Gasteiger partial charge in [-0.1, -0.05) is 0 Å². The van der Waals surface area contributed by atoms with Gasteiger partial charge in [-0.05, 0) is 0 Å². The van der Waals surface area contributed by atoms with E-state index in [2.05, 4.69) is 0 Å². The van der Waals surface area contributed by atoms with E-state index in [1.54, 1.807) is 6.07 Å². The minimum atomic E-state index is -0.205. The molecule has 1 rings (SSSR count). The number of hydrogen-bond acceptors (Lipinski definition) is 2. The van der Waals surface area contributed by atoms with Crippen LogP contribution in [-0.2, 0) is 2.69 Å². The second-order valence-corrected chi connectivity index (χ2v) is 3.62. The van der Waals surface area contributed by atoms with Gasteiger partial charge in [0.25, 0.3) is 0 Å². The van der Waals surface area contributed by atoms with Crippen molar-refractivity contribution in [2.75, 3.05) is 0 Å². The van der Waals surface area contributed by atoms with Crippen LogP contribution in [0, 0.1) is 13.8 Å². The first-order valence-electron chi connectivity index (χ1n) is 3.63. The van der Waals surface area contributed by atoms with E-state index in [-0.39, 0.29) is 32.2 Å². The van der Waals surface area contributed by atoms with Crippen molar-refractivity contribution in [3.05, 3.63) is 34.9 Å². The second-order valence-electron chi connectivity index (χ2n) is 2.70. The van der Waals surface area contributed by atoms with Crippen LogP contribution in [0.2, 0.25) is 0 Å². The Morgan fingerprint density at radius 1 is 1.33 bits per heavy atom. The summed E-state index contributed by atoms with van der Waals surface area (Å²) in [5.74, 6) is -0.205. The first-order valence-corrected chi connectivity index (χ1v) is 5.46. The van der Waals surface area contributed by atoms with E-state index < -0.39 is 0 Å². The van der Waals surface area contributed by atoms with Crippen LogP contribution in [0.15, 0.2) is 18.2 Å². The first kappa shape index (κ1) is 9.70. The predicted octanol–water partition coefficient (Wildman–Crippen LogP) is 1.54. The average molecular weight is 354 g/mol. The van der Waals surface area contributed by atoms with Gasteiger partial charge in [0.05, 0.1) is 0 Å². The molecule has 0 atom stereocenters. The van der Waals surface area contributed by atoms with Crippen molar-refractivity contribution in [2.45, 2.75) is 13.8 Å². The summed E-state index contributed by atoms with van der Waals surface area (Å²) in [5, 5.41) is 0. The molecule has 0 bridgehead atoms. The van der Waals surface area contributed by atoms with Gasteiger partial charge in [0.1, 0.15) is 0 Å². The van der Waals surface area contributed by atoms with Gasteiger partial charge in [-0.25, -0.2) is 0 Å². The Hall–Kier alpha value is -0.388. The van der Waals surface area contributed by atoms with E-state index in [0.717, 1.165) is 5.56 Å². The summed E-state index contributed by atoms with van der Waals surface area (Å²) in [7, 11) is 0. The summed E-state index contributed by atoms with van der Waals surface area (Å²) < 4.78 is 4.76. The Kier molecular flexibility index (Phi) is 3.25. The second kappa shape index (κ2) is 4.02. The fraction of sp³-hybridized carbons (Fsp3) is 0.222. The molecular formula is C9H9O2Tl. The number of aryl methyl sites for hydroxylation is 2. The molecule has 0 aliphatic carbocycles. The van der Waals surface area contributed by atoms with Gasteiger partial charge in [0.2, 0.25) is 0 Å². The monoisotopic (exact) mass is 354 g/mol. The molecule has 0 radical (unpaired) electrons. The maximum atomic E-state index is 11.1. The van der Waals surface area contributed by atoms with Crippen molar-refractivity contribution in [1.29, 1.82) is 0 Å². The van der Waals surface area contributed by atoms with Gasteiger partial charge in [0.15, 0.2) is 0 Å². The predicted molar refractivity (Wildman–Crippen MR) is 47.1 cm³/mol. The van der Waals surface area contributed by atoms with E-state index in [1.807, 2.05) is 26.0 Å². The van der Waals surface area contributed by atoms with Gasteiger partial charge in [-0.3, -0.25) is 0 Å². The number of carbonyl (C=O) groups is 1. The Bertz CT molecular complexity index is 307. The van der Waals surface area contributed by atoms with Crippen LogP contribution in [-0.4, -0.2) is 32.2 Å². The molecule has 0 unspecified atom stereocenters. The molecule has 1 aromatic carbocycles. The third kappa shape index (κ3) is 2.06. The molecule has 0 heterocycles. The molecule has 0 aromatic heterocycles. The molecule has 3 heteroatoms. The standard InChI is InChI=1S/C9H10O2.Tl/c1-6-3-4-8(9(10)11)5-7(6)2;/h3-5H,1-2H3,(H,10,11);/q;+1/p-1. The van der Waals surface area contributed by atoms with Crippen LogP contribution < -0.4 is 0 Å². The van der Waals surface area contributed by atoms with E-state index in [0.29, 0.717) is 5.56 Å². The first-order chi connectivity index (χ1) is 5.65. The van der Waals surface area contributed by atoms with Crippen molar-refractivity contribution in [3.63, 3.8) is 0 Å². The maximum absolute atomic E-state index is 11.1. The number of benzene rings is 1. The normalized spacial score (nSPS) is 9.42. The zero-order valence-electron chi connectivity index (χ0n) is 7.13. The quantitative estimate of drug-likeness (QED) is 0.716. The van der Waals surface area contributed by atoms with E-state index >= 15 is 0 Å². The summed E-state index contributed by atoms with van der Waals surface area (Å²) in [6.45, 7) is 4.01. The molecule has 1 aromatic rings. The zero-order chi connectivity index (χ0) is 9.14. The molecule has 0 aliphatic heterocycles. The van der Waals surface area contributed by atoms with Crippen molar-refractivity contribution in [1.82, 2.24) is 0 Å². The van der Waals surface area contributed by atoms with Crippen LogP contribution in [0.1, 0.15) is 21.5 Å². The molecular weight excluding hydrogens is 344 g/mol. The third-order valence-corrected chi connectivity index (χ3v) is 2.68. The van der Waals surface area contributed by atoms with Gasteiger partial charge in [0, 0.05) is 0 Å². The van der Waals surface area contributed by atoms with Crippen molar-refractivity contribution in [2.24, 2.45) is 0 Å². The Morgan fingerprint density at radius 3 is 2.50 bits per heavy atom. The summed E-state index contributed by atoms with van der Waals surface area (Å²) in [4.78, 5) is 11.1. The van der Waals surface area contributed by atoms with Gasteiger partial charge in [-0.2, -0.15) is 0 Å². The van der Waals surface area contributed by atoms with Crippen molar-refractivity contribution >= 4 is 32.2 Å². The summed E-state index contributed by atoms with van der Waals surface area (Å²) >= 11 is 0.268. The Balaban J connectivity index is 3.05. The number of carbonyl (C=O) groups excluding carboxylic acids is 1. The van der Waals surface area contributed by atoms with Crippen molar-refractivity contribution < 1.29 is 7.48 Å². The molecule has 0 spiro atoms. The van der Waals surface area contributed by atoms with E-state index in [4.69, 9.17) is 2.69 Å². The fourth-order valence-corrected chi connectivity index (χ4v) is 1.47. The average Bonchev–Trinajstić information content (AvgIpc) is 2.08. The summed E-state index contributed by atoms with van der Waals surface area (Å²) in [6, 6.07) is 5.60. The molecule has 0 saturated heterocycles. The van der Waals surface area contributed by atoms with Gasteiger partial charge < -0.3 is 0 Å². The fourth-order valence-electron chi connectivity index (χ4n) is 0.936. The molecule has 0 amide bonds. The number of rotatable bonds is 1. The molecule has 12 heavy (non-hydrogen) atoms. The van der Waals surface area contributed by atoms with Crippen LogP contribution in [0.5, 0.6) is 0 Å². The zero-order valence-corrected chi connectivity index (χ0v) is 11.6.